The lowest BCUT2D eigenvalue weighted by Gasteiger charge is -2.17. The highest BCUT2D eigenvalue weighted by atomic mass is 16.5. The lowest BCUT2D eigenvalue weighted by Crippen LogP contribution is -2.21. The van der Waals surface area contributed by atoms with Crippen molar-refractivity contribution < 1.29 is 9.53 Å². The van der Waals surface area contributed by atoms with E-state index in [2.05, 4.69) is 43.0 Å². The minimum atomic E-state index is 0.130. The molecule has 3 rings (SSSR count). The number of hydrogen-bond donors (Lipinski definition) is 0. The third kappa shape index (κ3) is 3.83. The predicted octanol–water partition coefficient (Wildman–Crippen LogP) is 4.36. The second-order valence-corrected chi connectivity index (χ2v) is 6.40. The van der Waals surface area contributed by atoms with Crippen LogP contribution in [0.15, 0.2) is 48.0 Å². The Bertz CT molecular complexity index is 786. The molecule has 0 amide bonds. The standard InChI is InChI=1S/C22H25NO2/c1-4-23(5-2)15-17-8-6-16(7-9-17)12-19-13-18-14-20(25-3)10-11-21(18)22(19)24/h6-12,14H,4-5,13,15H2,1-3H3. The normalized spacial score (nSPS) is 15.0. The van der Waals surface area contributed by atoms with E-state index in [0.717, 1.165) is 47.6 Å². The summed E-state index contributed by atoms with van der Waals surface area (Å²) in [5, 5.41) is 0. The molecule has 0 radical (unpaired) electrons. The molecule has 25 heavy (non-hydrogen) atoms. The number of allylic oxidation sites excluding steroid dienone is 1. The highest BCUT2D eigenvalue weighted by Crippen LogP contribution is 2.30. The molecular formula is C22H25NO2. The van der Waals surface area contributed by atoms with E-state index in [1.807, 2.05) is 24.3 Å². The monoisotopic (exact) mass is 335 g/mol. The number of hydrogen-bond acceptors (Lipinski definition) is 3. The van der Waals surface area contributed by atoms with E-state index in [1.165, 1.54) is 5.56 Å². The maximum Gasteiger partial charge on any atom is 0.189 e. The smallest absolute Gasteiger partial charge is 0.189 e. The first-order valence-electron chi connectivity index (χ1n) is 8.88. The van der Waals surface area contributed by atoms with Crippen LogP contribution in [0.1, 0.15) is 40.9 Å². The van der Waals surface area contributed by atoms with Gasteiger partial charge in [0.05, 0.1) is 7.11 Å². The number of rotatable bonds is 6. The van der Waals surface area contributed by atoms with Crippen molar-refractivity contribution in [2.24, 2.45) is 0 Å². The summed E-state index contributed by atoms with van der Waals surface area (Å²) in [7, 11) is 1.65. The Labute approximate surface area is 149 Å². The lowest BCUT2D eigenvalue weighted by atomic mass is 10.1. The van der Waals surface area contributed by atoms with Gasteiger partial charge in [-0.3, -0.25) is 9.69 Å². The van der Waals surface area contributed by atoms with Crippen LogP contribution in [0.5, 0.6) is 5.75 Å². The number of ketones is 1. The van der Waals surface area contributed by atoms with Crippen LogP contribution in [0, 0.1) is 0 Å². The van der Waals surface area contributed by atoms with Crippen LogP contribution >= 0.6 is 0 Å². The van der Waals surface area contributed by atoms with Gasteiger partial charge >= 0.3 is 0 Å². The Balaban J connectivity index is 1.76. The maximum atomic E-state index is 12.6. The molecule has 0 spiro atoms. The van der Waals surface area contributed by atoms with Crippen LogP contribution in [0.3, 0.4) is 0 Å². The fraction of sp³-hybridized carbons (Fsp3) is 0.318. The number of fused-ring (bicyclic) bond motifs is 1. The molecule has 0 bridgehead atoms. The van der Waals surface area contributed by atoms with Gasteiger partial charge in [-0.1, -0.05) is 38.1 Å². The summed E-state index contributed by atoms with van der Waals surface area (Å²) in [6.45, 7) is 7.44. The van der Waals surface area contributed by atoms with Gasteiger partial charge in [0.15, 0.2) is 5.78 Å². The minimum Gasteiger partial charge on any atom is -0.497 e. The molecule has 1 aliphatic rings. The summed E-state index contributed by atoms with van der Waals surface area (Å²) < 4.78 is 5.26. The van der Waals surface area contributed by atoms with Crippen molar-refractivity contribution in [3.63, 3.8) is 0 Å². The van der Waals surface area contributed by atoms with Gasteiger partial charge in [-0.15, -0.1) is 0 Å². The summed E-state index contributed by atoms with van der Waals surface area (Å²) in [6, 6.07) is 14.2. The molecule has 0 unspecified atom stereocenters. The second kappa shape index (κ2) is 7.66. The van der Waals surface area contributed by atoms with Crippen LogP contribution in [0.2, 0.25) is 0 Å². The zero-order valence-corrected chi connectivity index (χ0v) is 15.2. The average molecular weight is 335 g/mol. The van der Waals surface area contributed by atoms with Crippen molar-refractivity contribution >= 4 is 11.9 Å². The Morgan fingerprint density at radius 1 is 1.08 bits per heavy atom. The molecule has 0 saturated carbocycles. The van der Waals surface area contributed by atoms with Crippen LogP contribution in [-0.4, -0.2) is 30.9 Å². The number of nitrogens with zero attached hydrogens (tertiary/aromatic N) is 1. The first kappa shape index (κ1) is 17.4. The van der Waals surface area contributed by atoms with E-state index in [9.17, 15) is 4.79 Å². The topological polar surface area (TPSA) is 29.5 Å². The van der Waals surface area contributed by atoms with Crippen molar-refractivity contribution in [2.75, 3.05) is 20.2 Å². The number of carbonyl (C=O) groups is 1. The van der Waals surface area contributed by atoms with Crippen molar-refractivity contribution in [1.29, 1.82) is 0 Å². The van der Waals surface area contributed by atoms with Crippen molar-refractivity contribution in [1.82, 2.24) is 4.90 Å². The summed E-state index contributed by atoms with van der Waals surface area (Å²) in [4.78, 5) is 15.0. The van der Waals surface area contributed by atoms with Gasteiger partial charge in [0.1, 0.15) is 5.75 Å². The first-order valence-corrected chi connectivity index (χ1v) is 8.88. The average Bonchev–Trinajstić information content (AvgIpc) is 2.96. The zero-order valence-electron chi connectivity index (χ0n) is 15.2. The van der Waals surface area contributed by atoms with Gasteiger partial charge in [-0.05, 0) is 54.1 Å². The molecule has 1 aliphatic carbocycles. The summed E-state index contributed by atoms with van der Waals surface area (Å²) in [6.07, 6.45) is 2.68. The van der Waals surface area contributed by atoms with Gasteiger partial charge in [-0.25, -0.2) is 0 Å². The highest BCUT2D eigenvalue weighted by molar-refractivity contribution is 6.15. The number of methoxy groups -OCH3 is 1. The van der Waals surface area contributed by atoms with E-state index in [1.54, 1.807) is 7.11 Å². The molecule has 0 aromatic heterocycles. The van der Waals surface area contributed by atoms with Gasteiger partial charge < -0.3 is 4.74 Å². The number of Topliss-reactive ketones (excluding diaryl/α,β-unsaturated/α-hetero) is 1. The van der Waals surface area contributed by atoms with Crippen LogP contribution in [-0.2, 0) is 13.0 Å². The molecule has 0 saturated heterocycles. The fourth-order valence-corrected chi connectivity index (χ4v) is 3.27. The van der Waals surface area contributed by atoms with Gasteiger partial charge in [0, 0.05) is 24.1 Å². The van der Waals surface area contributed by atoms with Crippen molar-refractivity contribution in [2.45, 2.75) is 26.8 Å². The number of benzene rings is 2. The van der Waals surface area contributed by atoms with Crippen molar-refractivity contribution in [3.05, 3.63) is 70.3 Å². The van der Waals surface area contributed by atoms with E-state index in [0.29, 0.717) is 6.42 Å². The second-order valence-electron chi connectivity index (χ2n) is 6.40. The molecule has 0 N–H and O–H groups in total. The van der Waals surface area contributed by atoms with E-state index in [-0.39, 0.29) is 5.78 Å². The minimum absolute atomic E-state index is 0.130. The summed E-state index contributed by atoms with van der Waals surface area (Å²) >= 11 is 0. The molecule has 130 valence electrons. The predicted molar refractivity (Wildman–Crippen MR) is 102 cm³/mol. The van der Waals surface area contributed by atoms with Crippen LogP contribution in [0.25, 0.3) is 6.08 Å². The van der Waals surface area contributed by atoms with Gasteiger partial charge in [-0.2, -0.15) is 0 Å². The number of carbonyl (C=O) groups excluding carboxylic acids is 1. The molecule has 3 heteroatoms. The Kier molecular flexibility index (Phi) is 5.34. The van der Waals surface area contributed by atoms with Gasteiger partial charge in [0.2, 0.25) is 0 Å². The van der Waals surface area contributed by atoms with E-state index >= 15 is 0 Å². The van der Waals surface area contributed by atoms with E-state index < -0.39 is 0 Å². The zero-order chi connectivity index (χ0) is 17.8. The highest BCUT2D eigenvalue weighted by Gasteiger charge is 2.24. The fourth-order valence-electron chi connectivity index (χ4n) is 3.27. The quantitative estimate of drug-likeness (QED) is 0.735. The molecule has 0 aliphatic heterocycles. The molecule has 2 aromatic rings. The summed E-state index contributed by atoms with van der Waals surface area (Å²) in [5.41, 5.74) is 5.07. The third-order valence-electron chi connectivity index (χ3n) is 4.85. The molecule has 0 atom stereocenters. The Morgan fingerprint density at radius 2 is 1.80 bits per heavy atom. The molecule has 0 fully saturated rings. The van der Waals surface area contributed by atoms with Gasteiger partial charge in [0.25, 0.3) is 0 Å². The SMILES string of the molecule is CCN(CC)Cc1ccc(C=C2Cc3cc(OC)ccc3C2=O)cc1. The Morgan fingerprint density at radius 3 is 2.44 bits per heavy atom. The Hall–Kier alpha value is -2.39. The maximum absolute atomic E-state index is 12.6. The molecule has 2 aromatic carbocycles. The van der Waals surface area contributed by atoms with Crippen LogP contribution < -0.4 is 4.74 Å². The number of ether oxygens (including phenoxy) is 1. The van der Waals surface area contributed by atoms with Crippen LogP contribution in [0.4, 0.5) is 0 Å². The molecule has 3 nitrogen and oxygen atoms in total. The lowest BCUT2D eigenvalue weighted by molar-refractivity contribution is 0.104. The van der Waals surface area contributed by atoms with Crippen molar-refractivity contribution in [3.8, 4) is 5.75 Å². The first-order chi connectivity index (χ1) is 12.1. The third-order valence-corrected chi connectivity index (χ3v) is 4.85. The molecule has 0 heterocycles. The largest absolute Gasteiger partial charge is 0.497 e. The van der Waals surface area contributed by atoms with E-state index in [4.69, 9.17) is 4.74 Å². The molecular weight excluding hydrogens is 310 g/mol. The summed E-state index contributed by atoms with van der Waals surface area (Å²) in [5.74, 6) is 0.929.